The molecule has 94 valence electrons. The first-order valence-corrected chi connectivity index (χ1v) is 6.52. The van der Waals surface area contributed by atoms with Gasteiger partial charge in [-0.25, -0.2) is 0 Å². The van der Waals surface area contributed by atoms with E-state index in [1.165, 1.54) is 0 Å². The van der Waals surface area contributed by atoms with Crippen LogP contribution < -0.4 is 0 Å². The first-order chi connectivity index (χ1) is 9.11. The molecule has 0 aliphatic heterocycles. The van der Waals surface area contributed by atoms with Gasteiger partial charge in [-0.05, 0) is 48.4 Å². The summed E-state index contributed by atoms with van der Waals surface area (Å²) in [5.41, 5.74) is 2.18. The monoisotopic (exact) mass is 314 g/mol. The van der Waals surface area contributed by atoms with E-state index in [4.69, 9.17) is 0 Å². The maximum Gasteiger partial charge on any atom is 0.184 e. The Morgan fingerprint density at radius 2 is 2.00 bits per heavy atom. The molecule has 0 spiro atoms. The molecule has 0 bridgehead atoms. The number of pyridine rings is 1. The van der Waals surface area contributed by atoms with Gasteiger partial charge in [0.1, 0.15) is 5.92 Å². The maximum atomic E-state index is 12.4. The molecule has 1 aromatic heterocycles. The summed E-state index contributed by atoms with van der Waals surface area (Å²) in [6.45, 7) is 1.91. The summed E-state index contributed by atoms with van der Waals surface area (Å²) in [4.78, 5) is 16.3. The fourth-order valence-corrected chi connectivity index (χ4v) is 2.49. The van der Waals surface area contributed by atoms with Gasteiger partial charge in [0.15, 0.2) is 5.78 Å². The molecule has 0 saturated heterocycles. The van der Waals surface area contributed by atoms with Crippen LogP contribution in [0.4, 0.5) is 0 Å². The van der Waals surface area contributed by atoms with Gasteiger partial charge >= 0.3 is 0 Å². The van der Waals surface area contributed by atoms with E-state index in [0.29, 0.717) is 11.1 Å². The number of nitrogens with zero attached hydrogens (tertiary/aromatic N) is 2. The van der Waals surface area contributed by atoms with E-state index < -0.39 is 5.92 Å². The normalized spacial score (nSPS) is 11.6. The van der Waals surface area contributed by atoms with Crippen molar-refractivity contribution in [3.05, 3.63) is 63.9 Å². The molecule has 0 aliphatic carbocycles. The lowest BCUT2D eigenvalue weighted by Crippen LogP contribution is -2.11. The van der Waals surface area contributed by atoms with Crippen molar-refractivity contribution in [2.45, 2.75) is 12.8 Å². The molecule has 0 fully saturated rings. The number of aryl methyl sites for hydroxylation is 1. The van der Waals surface area contributed by atoms with Crippen molar-refractivity contribution >= 4 is 21.7 Å². The van der Waals surface area contributed by atoms with Crippen LogP contribution in [0.2, 0.25) is 0 Å². The van der Waals surface area contributed by atoms with Crippen LogP contribution >= 0.6 is 15.9 Å². The molecule has 0 aliphatic rings. The second-order valence-electron chi connectivity index (χ2n) is 4.22. The lowest BCUT2D eigenvalue weighted by Gasteiger charge is -2.09. The predicted octanol–water partition coefficient (Wildman–Crippen LogP) is 3.64. The van der Waals surface area contributed by atoms with E-state index in [9.17, 15) is 10.1 Å². The molecule has 4 heteroatoms. The molecule has 0 saturated carbocycles. The van der Waals surface area contributed by atoms with Crippen molar-refractivity contribution in [3.8, 4) is 6.07 Å². The zero-order chi connectivity index (χ0) is 13.8. The van der Waals surface area contributed by atoms with E-state index in [1.54, 1.807) is 36.7 Å². The maximum absolute atomic E-state index is 12.4. The summed E-state index contributed by atoms with van der Waals surface area (Å²) in [5, 5.41) is 9.25. The fraction of sp³-hybridized carbons (Fsp3) is 0.133. The zero-order valence-corrected chi connectivity index (χ0v) is 11.9. The lowest BCUT2D eigenvalue weighted by molar-refractivity contribution is 0.0978. The van der Waals surface area contributed by atoms with E-state index in [-0.39, 0.29) is 5.78 Å². The van der Waals surface area contributed by atoms with Gasteiger partial charge in [0.2, 0.25) is 0 Å². The number of carbonyl (C=O) groups excluding carboxylic acids is 1. The van der Waals surface area contributed by atoms with E-state index >= 15 is 0 Å². The summed E-state index contributed by atoms with van der Waals surface area (Å²) in [6, 6.07) is 10.9. The average Bonchev–Trinajstić information content (AvgIpc) is 2.39. The second-order valence-corrected chi connectivity index (χ2v) is 5.14. The summed E-state index contributed by atoms with van der Waals surface area (Å²) in [5.74, 6) is -0.991. The highest BCUT2D eigenvalue weighted by molar-refractivity contribution is 9.10. The quantitative estimate of drug-likeness (QED) is 0.813. The van der Waals surface area contributed by atoms with Crippen LogP contribution in [-0.4, -0.2) is 10.8 Å². The Kier molecular flexibility index (Phi) is 4.08. The molecule has 1 atom stereocenters. The van der Waals surface area contributed by atoms with Crippen LogP contribution in [0, 0.1) is 18.3 Å². The third-order valence-corrected chi connectivity index (χ3v) is 3.22. The molecule has 0 radical (unpaired) electrons. The zero-order valence-electron chi connectivity index (χ0n) is 10.3. The van der Waals surface area contributed by atoms with Gasteiger partial charge in [-0.2, -0.15) is 5.26 Å². The van der Waals surface area contributed by atoms with Crippen LogP contribution in [0.5, 0.6) is 0 Å². The highest BCUT2D eigenvalue weighted by Gasteiger charge is 2.22. The Balaban J connectivity index is 2.40. The molecule has 1 unspecified atom stereocenters. The molecule has 2 rings (SSSR count). The Labute approximate surface area is 120 Å². The second kappa shape index (κ2) is 5.77. The Hall–Kier alpha value is -1.99. The first kappa shape index (κ1) is 13.4. The number of rotatable bonds is 3. The van der Waals surface area contributed by atoms with Gasteiger partial charge in [-0.3, -0.25) is 9.78 Å². The predicted molar refractivity (Wildman–Crippen MR) is 75.8 cm³/mol. The van der Waals surface area contributed by atoms with Gasteiger partial charge < -0.3 is 0 Å². The molecule has 0 amide bonds. The smallest absolute Gasteiger partial charge is 0.184 e. The number of benzene rings is 1. The topological polar surface area (TPSA) is 53.8 Å². The standard InChI is InChI=1S/C15H11BrN2O/c1-10-6-12(8-13(16)7-10)15(19)14(9-17)11-2-4-18-5-3-11/h2-8,14H,1H3. The number of hydrogen-bond donors (Lipinski definition) is 0. The molecular weight excluding hydrogens is 304 g/mol. The SMILES string of the molecule is Cc1cc(Br)cc(C(=O)C(C#N)c2ccncc2)c1. The van der Waals surface area contributed by atoms with Gasteiger partial charge in [0.25, 0.3) is 0 Å². The third-order valence-electron chi connectivity index (χ3n) is 2.76. The first-order valence-electron chi connectivity index (χ1n) is 5.73. The van der Waals surface area contributed by atoms with Crippen LogP contribution in [0.15, 0.2) is 47.2 Å². The number of ketones is 1. The number of halogens is 1. The number of hydrogen-bond acceptors (Lipinski definition) is 3. The van der Waals surface area contributed by atoms with Crippen LogP contribution in [-0.2, 0) is 0 Å². The third kappa shape index (κ3) is 3.07. The fourth-order valence-electron chi connectivity index (χ4n) is 1.89. The summed E-state index contributed by atoms with van der Waals surface area (Å²) >= 11 is 3.36. The summed E-state index contributed by atoms with van der Waals surface area (Å²) in [6.07, 6.45) is 3.16. The largest absolute Gasteiger partial charge is 0.292 e. The van der Waals surface area contributed by atoms with Gasteiger partial charge in [0.05, 0.1) is 6.07 Å². The average molecular weight is 315 g/mol. The minimum absolute atomic E-state index is 0.196. The highest BCUT2D eigenvalue weighted by Crippen LogP contribution is 2.23. The molecule has 1 aromatic carbocycles. The minimum atomic E-state index is -0.795. The van der Waals surface area contributed by atoms with E-state index in [0.717, 1.165) is 10.0 Å². The summed E-state index contributed by atoms with van der Waals surface area (Å²) < 4.78 is 0.835. The van der Waals surface area contributed by atoms with Crippen molar-refractivity contribution in [1.29, 1.82) is 5.26 Å². The molecule has 1 heterocycles. The number of Topliss-reactive ketones (excluding diaryl/α,β-unsaturated/α-hetero) is 1. The van der Waals surface area contributed by atoms with E-state index in [2.05, 4.69) is 27.0 Å². The lowest BCUT2D eigenvalue weighted by atomic mass is 9.92. The molecule has 0 N–H and O–H groups in total. The van der Waals surface area contributed by atoms with Crippen molar-refractivity contribution in [2.24, 2.45) is 0 Å². The summed E-state index contributed by atoms with van der Waals surface area (Å²) in [7, 11) is 0. The Morgan fingerprint density at radius 1 is 1.32 bits per heavy atom. The number of carbonyl (C=O) groups is 1. The van der Waals surface area contributed by atoms with Gasteiger partial charge in [0, 0.05) is 22.4 Å². The van der Waals surface area contributed by atoms with Crippen LogP contribution in [0.1, 0.15) is 27.4 Å². The molecule has 19 heavy (non-hydrogen) atoms. The van der Waals surface area contributed by atoms with Crippen molar-refractivity contribution in [1.82, 2.24) is 4.98 Å². The van der Waals surface area contributed by atoms with Crippen molar-refractivity contribution < 1.29 is 4.79 Å². The molecule has 2 aromatic rings. The van der Waals surface area contributed by atoms with Gasteiger partial charge in [-0.15, -0.1) is 0 Å². The molecule has 3 nitrogen and oxygen atoms in total. The van der Waals surface area contributed by atoms with Gasteiger partial charge in [-0.1, -0.05) is 15.9 Å². The van der Waals surface area contributed by atoms with Crippen molar-refractivity contribution in [3.63, 3.8) is 0 Å². The number of aromatic nitrogens is 1. The van der Waals surface area contributed by atoms with Crippen LogP contribution in [0.25, 0.3) is 0 Å². The highest BCUT2D eigenvalue weighted by atomic mass is 79.9. The van der Waals surface area contributed by atoms with Crippen LogP contribution in [0.3, 0.4) is 0 Å². The Bertz CT molecular complexity index is 627. The Morgan fingerprint density at radius 3 is 2.58 bits per heavy atom. The minimum Gasteiger partial charge on any atom is -0.292 e. The van der Waals surface area contributed by atoms with Crippen molar-refractivity contribution in [2.75, 3.05) is 0 Å². The number of nitriles is 1. The molecular formula is C15H11BrN2O. The van der Waals surface area contributed by atoms with E-state index in [1.807, 2.05) is 13.0 Å².